The topological polar surface area (TPSA) is 76.1 Å². The molecule has 2 N–H and O–H groups in total. The molecule has 0 spiro atoms. The van der Waals surface area contributed by atoms with Gasteiger partial charge in [0.25, 0.3) is 0 Å². The van der Waals surface area contributed by atoms with Crippen LogP contribution in [0.2, 0.25) is 0 Å². The third kappa shape index (κ3) is 4.32. The predicted molar refractivity (Wildman–Crippen MR) is 97.1 cm³/mol. The van der Waals surface area contributed by atoms with Crippen LogP contribution in [0.25, 0.3) is 0 Å². The number of aryl methyl sites for hydroxylation is 1. The molecule has 1 aromatic heterocycles. The normalized spacial score (nSPS) is 10.3. The molecule has 0 saturated heterocycles. The molecular weight excluding hydrogens is 335 g/mol. The summed E-state index contributed by atoms with van der Waals surface area (Å²) >= 11 is 0. The highest BCUT2D eigenvalue weighted by molar-refractivity contribution is 6.00. The number of benzene rings is 2. The van der Waals surface area contributed by atoms with Gasteiger partial charge in [0, 0.05) is 23.0 Å². The van der Waals surface area contributed by atoms with Crippen molar-refractivity contribution in [1.82, 2.24) is 10.2 Å². The fraction of sp³-hybridized carbons (Fsp3) is 0.105. The number of carbonyl (C=O) groups excluding carboxylic acids is 1. The Morgan fingerprint density at radius 1 is 0.962 bits per heavy atom. The summed E-state index contributed by atoms with van der Waals surface area (Å²) in [4.78, 5) is 12.1. The van der Waals surface area contributed by atoms with Crippen LogP contribution in [0.1, 0.15) is 11.3 Å². The molecule has 0 radical (unpaired) electrons. The third-order valence-electron chi connectivity index (χ3n) is 3.62. The standard InChI is InChI=1S/C19H17FN4O2/c1-12-6-11-18(24-23-12)26-15-9-7-14(8-10-15)21-19(25)22-17-5-3-4-16(20)13(17)2/h3-11H,1-2H3,(H2,21,22,25). The Hall–Kier alpha value is -3.48. The van der Waals surface area contributed by atoms with Gasteiger partial charge in [0.2, 0.25) is 5.88 Å². The molecule has 2 aromatic carbocycles. The van der Waals surface area contributed by atoms with E-state index < -0.39 is 6.03 Å². The number of halogens is 1. The van der Waals surface area contributed by atoms with E-state index >= 15 is 0 Å². The van der Waals surface area contributed by atoms with E-state index in [1.165, 1.54) is 12.1 Å². The van der Waals surface area contributed by atoms with Crippen molar-refractivity contribution in [2.45, 2.75) is 13.8 Å². The summed E-state index contributed by atoms with van der Waals surface area (Å²) in [6.07, 6.45) is 0. The van der Waals surface area contributed by atoms with E-state index in [-0.39, 0.29) is 5.82 Å². The second-order valence-corrected chi connectivity index (χ2v) is 5.63. The number of urea groups is 1. The van der Waals surface area contributed by atoms with Crippen LogP contribution in [-0.2, 0) is 0 Å². The Kier molecular flexibility index (Phi) is 5.07. The van der Waals surface area contributed by atoms with Crippen molar-refractivity contribution in [2.24, 2.45) is 0 Å². The minimum absolute atomic E-state index is 0.372. The van der Waals surface area contributed by atoms with Gasteiger partial charge in [-0.05, 0) is 56.3 Å². The first-order valence-corrected chi connectivity index (χ1v) is 7.92. The van der Waals surface area contributed by atoms with Crippen molar-refractivity contribution in [1.29, 1.82) is 0 Å². The summed E-state index contributed by atoms with van der Waals surface area (Å²) < 4.78 is 19.1. The number of ether oxygens (including phenoxy) is 1. The van der Waals surface area contributed by atoms with Gasteiger partial charge in [-0.1, -0.05) is 6.07 Å². The lowest BCUT2D eigenvalue weighted by Crippen LogP contribution is -2.20. The number of nitrogens with zero attached hydrogens (tertiary/aromatic N) is 2. The van der Waals surface area contributed by atoms with E-state index in [0.29, 0.717) is 28.6 Å². The van der Waals surface area contributed by atoms with Crippen molar-refractivity contribution in [2.75, 3.05) is 10.6 Å². The molecule has 132 valence electrons. The summed E-state index contributed by atoms with van der Waals surface area (Å²) in [5.41, 5.74) is 2.17. The molecule has 2 amide bonds. The minimum atomic E-state index is -0.461. The molecule has 3 aromatic rings. The van der Waals surface area contributed by atoms with Gasteiger partial charge in [-0.3, -0.25) is 0 Å². The molecule has 0 saturated carbocycles. The van der Waals surface area contributed by atoms with Gasteiger partial charge >= 0.3 is 6.03 Å². The van der Waals surface area contributed by atoms with Gasteiger partial charge < -0.3 is 15.4 Å². The molecular formula is C19H17FN4O2. The average molecular weight is 352 g/mol. The Labute approximate surface area is 150 Å². The largest absolute Gasteiger partial charge is 0.438 e. The summed E-state index contributed by atoms with van der Waals surface area (Å²) in [5.74, 6) is 0.578. The van der Waals surface area contributed by atoms with E-state index in [9.17, 15) is 9.18 Å². The van der Waals surface area contributed by atoms with Gasteiger partial charge in [-0.15, -0.1) is 5.10 Å². The van der Waals surface area contributed by atoms with Gasteiger partial charge in [0.05, 0.1) is 5.69 Å². The molecule has 6 nitrogen and oxygen atoms in total. The number of hydrogen-bond donors (Lipinski definition) is 2. The third-order valence-corrected chi connectivity index (χ3v) is 3.62. The van der Waals surface area contributed by atoms with Gasteiger partial charge in [-0.2, -0.15) is 5.10 Å². The van der Waals surface area contributed by atoms with Crippen molar-refractivity contribution >= 4 is 17.4 Å². The molecule has 1 heterocycles. The van der Waals surface area contributed by atoms with Crippen LogP contribution in [0.3, 0.4) is 0 Å². The molecule has 3 rings (SSSR count). The lowest BCUT2D eigenvalue weighted by atomic mass is 10.2. The summed E-state index contributed by atoms with van der Waals surface area (Å²) in [7, 11) is 0. The molecule has 0 atom stereocenters. The first-order valence-electron chi connectivity index (χ1n) is 7.92. The highest BCUT2D eigenvalue weighted by atomic mass is 19.1. The van der Waals surface area contributed by atoms with Crippen LogP contribution in [0.5, 0.6) is 11.6 Å². The number of carbonyl (C=O) groups is 1. The maximum absolute atomic E-state index is 13.5. The number of aromatic nitrogens is 2. The molecule has 0 aliphatic rings. The molecule has 0 aliphatic heterocycles. The number of nitrogens with one attached hydrogen (secondary N) is 2. The summed E-state index contributed by atoms with van der Waals surface area (Å²) in [6.45, 7) is 3.44. The second kappa shape index (κ2) is 7.60. The van der Waals surface area contributed by atoms with Crippen LogP contribution in [-0.4, -0.2) is 16.2 Å². The maximum Gasteiger partial charge on any atom is 0.323 e. The monoisotopic (exact) mass is 352 g/mol. The van der Waals surface area contributed by atoms with Crippen LogP contribution in [0.4, 0.5) is 20.6 Å². The fourth-order valence-corrected chi connectivity index (χ4v) is 2.20. The van der Waals surface area contributed by atoms with E-state index in [2.05, 4.69) is 20.8 Å². The van der Waals surface area contributed by atoms with Gasteiger partial charge in [-0.25, -0.2) is 9.18 Å². The van der Waals surface area contributed by atoms with E-state index in [4.69, 9.17) is 4.74 Å². The van der Waals surface area contributed by atoms with Crippen molar-refractivity contribution in [3.63, 3.8) is 0 Å². The molecule has 7 heteroatoms. The van der Waals surface area contributed by atoms with Gasteiger partial charge in [0.15, 0.2) is 0 Å². The molecule has 26 heavy (non-hydrogen) atoms. The highest BCUT2D eigenvalue weighted by Crippen LogP contribution is 2.22. The zero-order valence-corrected chi connectivity index (χ0v) is 14.3. The summed E-state index contributed by atoms with van der Waals surface area (Å²) in [5, 5.41) is 13.1. The molecule has 0 unspecified atom stereocenters. The van der Waals surface area contributed by atoms with Gasteiger partial charge in [0.1, 0.15) is 11.6 Å². The SMILES string of the molecule is Cc1ccc(Oc2ccc(NC(=O)Nc3cccc(F)c3C)cc2)nn1. The fourth-order valence-electron chi connectivity index (χ4n) is 2.20. The van der Waals surface area contributed by atoms with Crippen molar-refractivity contribution in [3.8, 4) is 11.6 Å². The van der Waals surface area contributed by atoms with E-state index in [1.807, 2.05) is 6.92 Å². The highest BCUT2D eigenvalue weighted by Gasteiger charge is 2.08. The molecule has 0 aliphatic carbocycles. The smallest absolute Gasteiger partial charge is 0.323 e. The summed E-state index contributed by atoms with van der Waals surface area (Å²) in [6, 6.07) is 14.4. The Balaban J connectivity index is 1.60. The second-order valence-electron chi connectivity index (χ2n) is 5.63. The quantitative estimate of drug-likeness (QED) is 0.715. The Morgan fingerprint density at radius 2 is 1.73 bits per heavy atom. The number of hydrogen-bond acceptors (Lipinski definition) is 4. The molecule has 0 fully saturated rings. The predicted octanol–water partition coefficient (Wildman–Crippen LogP) is 4.67. The van der Waals surface area contributed by atoms with Crippen LogP contribution < -0.4 is 15.4 Å². The lowest BCUT2D eigenvalue weighted by molar-refractivity contribution is 0.262. The van der Waals surface area contributed by atoms with E-state index in [0.717, 1.165) is 5.69 Å². The Bertz CT molecular complexity index is 912. The number of amides is 2. The first kappa shape index (κ1) is 17.3. The van der Waals surface area contributed by atoms with Crippen LogP contribution in [0, 0.1) is 19.7 Å². The number of rotatable bonds is 4. The first-order chi connectivity index (χ1) is 12.5. The van der Waals surface area contributed by atoms with E-state index in [1.54, 1.807) is 49.4 Å². The van der Waals surface area contributed by atoms with Crippen molar-refractivity contribution < 1.29 is 13.9 Å². The molecule has 0 bridgehead atoms. The van der Waals surface area contributed by atoms with Crippen molar-refractivity contribution in [3.05, 3.63) is 71.7 Å². The van der Waals surface area contributed by atoms with Crippen LogP contribution in [0.15, 0.2) is 54.6 Å². The Morgan fingerprint density at radius 3 is 2.42 bits per heavy atom. The minimum Gasteiger partial charge on any atom is -0.438 e. The zero-order valence-electron chi connectivity index (χ0n) is 14.3. The lowest BCUT2D eigenvalue weighted by Gasteiger charge is -2.11. The average Bonchev–Trinajstić information content (AvgIpc) is 2.62. The zero-order chi connectivity index (χ0) is 18.5. The van der Waals surface area contributed by atoms with Crippen LogP contribution >= 0.6 is 0 Å². The maximum atomic E-state index is 13.5. The number of anilines is 2.